The van der Waals surface area contributed by atoms with Gasteiger partial charge in [0.2, 0.25) is 0 Å². The third kappa shape index (κ3) is 2.57. The lowest BCUT2D eigenvalue weighted by Crippen LogP contribution is -2.62. The molecule has 4 heteroatoms. The summed E-state index contributed by atoms with van der Waals surface area (Å²) >= 11 is 0. The first-order valence-corrected chi connectivity index (χ1v) is 13.1. The topological polar surface area (TPSA) is 58.9 Å². The minimum absolute atomic E-state index is 0.0601. The van der Waals surface area contributed by atoms with Crippen molar-refractivity contribution in [3.8, 4) is 0 Å². The highest BCUT2D eigenvalue weighted by atomic mass is 16.7. The zero-order valence-electron chi connectivity index (χ0n) is 19.8. The van der Waals surface area contributed by atoms with E-state index in [1.807, 2.05) is 6.92 Å². The van der Waals surface area contributed by atoms with Gasteiger partial charge >= 0.3 is 0 Å². The molecule has 3 saturated carbocycles. The van der Waals surface area contributed by atoms with Crippen molar-refractivity contribution < 1.29 is 19.7 Å². The van der Waals surface area contributed by atoms with Gasteiger partial charge in [-0.2, -0.15) is 0 Å². The molecule has 2 heterocycles. The molecule has 0 bridgehead atoms. The molecule has 6 aliphatic rings. The maximum atomic E-state index is 11.0. The van der Waals surface area contributed by atoms with Crippen LogP contribution in [0.3, 0.4) is 0 Å². The van der Waals surface area contributed by atoms with E-state index in [1.165, 1.54) is 44.9 Å². The van der Waals surface area contributed by atoms with E-state index in [4.69, 9.17) is 9.47 Å². The van der Waals surface area contributed by atoms with E-state index in [-0.39, 0.29) is 23.4 Å². The van der Waals surface area contributed by atoms with Gasteiger partial charge in [0, 0.05) is 11.8 Å². The molecule has 2 aliphatic heterocycles. The second-order valence-corrected chi connectivity index (χ2v) is 12.7. The minimum atomic E-state index is -1.03. The zero-order chi connectivity index (χ0) is 21.8. The van der Waals surface area contributed by atoms with E-state index < -0.39 is 18.0 Å². The van der Waals surface area contributed by atoms with Gasteiger partial charge in [0.15, 0.2) is 5.79 Å². The van der Waals surface area contributed by atoms with Crippen LogP contribution in [-0.2, 0) is 9.47 Å². The highest BCUT2D eigenvalue weighted by Gasteiger charge is 2.71. The second-order valence-electron chi connectivity index (χ2n) is 12.7. The molecule has 2 N–H and O–H groups in total. The molecule has 4 aliphatic carbocycles. The Kier molecular flexibility index (Phi) is 4.64. The molecule has 2 saturated heterocycles. The van der Waals surface area contributed by atoms with Crippen LogP contribution in [0.5, 0.6) is 0 Å². The van der Waals surface area contributed by atoms with Crippen LogP contribution in [0, 0.1) is 46.3 Å². The Morgan fingerprint density at radius 1 is 1.06 bits per heavy atom. The van der Waals surface area contributed by atoms with Crippen LogP contribution in [-0.4, -0.2) is 40.9 Å². The standard InChI is InChI=1S/C27H42O4/c1-15-14-30-27(24(29)23(15)28)16(2)22-21(31-27)13-20-18-9-8-17-7-5-6-11-25(17,3)19(18)10-12-26(20,22)4/h8,15-16,18-24,28-29H,5-7,9-14H2,1-4H3/t15-,16-,18+,19-,20-,21-,22-,23+,24-,25-,26-,27-/m0/s1. The molecule has 0 radical (unpaired) electrons. The van der Waals surface area contributed by atoms with Gasteiger partial charge in [-0.05, 0) is 79.4 Å². The fraction of sp³-hybridized carbons (Fsp3) is 0.926. The third-order valence-corrected chi connectivity index (χ3v) is 11.5. The van der Waals surface area contributed by atoms with E-state index in [9.17, 15) is 10.2 Å². The Morgan fingerprint density at radius 2 is 1.87 bits per heavy atom. The number of fused-ring (bicyclic) bond motifs is 7. The average Bonchev–Trinajstić information content (AvgIpc) is 3.20. The first-order valence-electron chi connectivity index (χ1n) is 13.1. The Bertz CT molecular complexity index is 779. The second kappa shape index (κ2) is 6.81. The minimum Gasteiger partial charge on any atom is -0.390 e. The molecule has 4 nitrogen and oxygen atoms in total. The lowest BCUT2D eigenvalue weighted by molar-refractivity contribution is -0.338. The van der Waals surface area contributed by atoms with Crippen LogP contribution >= 0.6 is 0 Å². The maximum Gasteiger partial charge on any atom is 0.200 e. The molecule has 174 valence electrons. The first kappa shape index (κ1) is 21.1. The van der Waals surface area contributed by atoms with Crippen LogP contribution < -0.4 is 0 Å². The van der Waals surface area contributed by atoms with Crippen molar-refractivity contribution in [2.45, 2.75) is 103 Å². The van der Waals surface area contributed by atoms with Crippen LogP contribution in [0.15, 0.2) is 11.6 Å². The van der Waals surface area contributed by atoms with Gasteiger partial charge < -0.3 is 19.7 Å². The van der Waals surface area contributed by atoms with Crippen LogP contribution in [0.25, 0.3) is 0 Å². The summed E-state index contributed by atoms with van der Waals surface area (Å²) in [5.74, 6) is 1.71. The Labute approximate surface area is 187 Å². The van der Waals surface area contributed by atoms with Crippen molar-refractivity contribution in [3.63, 3.8) is 0 Å². The molecule has 0 unspecified atom stereocenters. The number of allylic oxidation sites excluding steroid dienone is 2. The first-order chi connectivity index (χ1) is 14.7. The number of hydrogen-bond acceptors (Lipinski definition) is 4. The van der Waals surface area contributed by atoms with Crippen LogP contribution in [0.1, 0.15) is 79.1 Å². The fourth-order valence-electron chi connectivity index (χ4n) is 9.83. The van der Waals surface area contributed by atoms with E-state index in [2.05, 4.69) is 26.8 Å². The number of ether oxygens (including phenoxy) is 2. The summed E-state index contributed by atoms with van der Waals surface area (Å²) in [6, 6.07) is 0. The van der Waals surface area contributed by atoms with Crippen molar-refractivity contribution in [3.05, 3.63) is 11.6 Å². The molecule has 0 aromatic heterocycles. The monoisotopic (exact) mass is 430 g/mol. The Hall–Kier alpha value is -0.420. The SMILES string of the molecule is C[C@H]1CO[C@@]2(O[C@H]3C[C@H]4[C@@H]5CC=C6CCCC[C@]6(C)[C@H]5CC[C@]4(C)[C@H]3[C@@H]2C)[C@@H](O)[C@@H]1O. The summed E-state index contributed by atoms with van der Waals surface area (Å²) in [4.78, 5) is 0. The van der Waals surface area contributed by atoms with E-state index in [0.29, 0.717) is 23.9 Å². The molecule has 12 atom stereocenters. The molecular weight excluding hydrogens is 388 g/mol. The number of aliphatic hydroxyl groups excluding tert-OH is 2. The average molecular weight is 431 g/mol. The van der Waals surface area contributed by atoms with Crippen molar-refractivity contribution >= 4 is 0 Å². The van der Waals surface area contributed by atoms with E-state index >= 15 is 0 Å². The lowest BCUT2D eigenvalue weighted by Gasteiger charge is -2.58. The summed E-state index contributed by atoms with van der Waals surface area (Å²) in [5, 5.41) is 21.7. The Morgan fingerprint density at radius 3 is 2.68 bits per heavy atom. The van der Waals surface area contributed by atoms with Crippen molar-refractivity contribution in [2.75, 3.05) is 6.61 Å². The third-order valence-electron chi connectivity index (χ3n) is 11.5. The van der Waals surface area contributed by atoms with Gasteiger partial charge in [-0.3, -0.25) is 0 Å². The molecule has 0 aromatic carbocycles. The summed E-state index contributed by atoms with van der Waals surface area (Å²) < 4.78 is 12.9. The predicted octanol–water partition coefficient (Wildman–Crippen LogP) is 4.68. The van der Waals surface area contributed by atoms with Gasteiger partial charge in [-0.25, -0.2) is 0 Å². The van der Waals surface area contributed by atoms with Gasteiger partial charge in [-0.15, -0.1) is 0 Å². The van der Waals surface area contributed by atoms with E-state index in [1.54, 1.807) is 5.57 Å². The highest BCUT2D eigenvalue weighted by Crippen LogP contribution is 2.70. The molecule has 1 spiro atoms. The Balaban J connectivity index is 1.30. The van der Waals surface area contributed by atoms with Gasteiger partial charge in [0.1, 0.15) is 6.10 Å². The zero-order valence-corrected chi connectivity index (χ0v) is 19.8. The lowest BCUT2D eigenvalue weighted by atomic mass is 9.47. The van der Waals surface area contributed by atoms with Gasteiger partial charge in [0.05, 0.1) is 18.8 Å². The molecule has 6 rings (SSSR count). The number of rotatable bonds is 0. The number of aliphatic hydroxyl groups is 2. The maximum absolute atomic E-state index is 11.0. The molecule has 31 heavy (non-hydrogen) atoms. The van der Waals surface area contributed by atoms with Gasteiger partial charge in [-0.1, -0.05) is 45.8 Å². The van der Waals surface area contributed by atoms with Gasteiger partial charge in [0.25, 0.3) is 0 Å². The predicted molar refractivity (Wildman–Crippen MR) is 119 cm³/mol. The quantitative estimate of drug-likeness (QED) is 0.548. The molecule has 5 fully saturated rings. The number of hydrogen-bond donors (Lipinski definition) is 2. The van der Waals surface area contributed by atoms with Crippen LogP contribution in [0.4, 0.5) is 0 Å². The van der Waals surface area contributed by atoms with Crippen molar-refractivity contribution in [2.24, 2.45) is 46.3 Å². The molecule has 0 aromatic rings. The van der Waals surface area contributed by atoms with Crippen molar-refractivity contribution in [1.82, 2.24) is 0 Å². The molecular formula is C27H42O4. The normalized spacial score (nSPS) is 60.7. The summed E-state index contributed by atoms with van der Waals surface area (Å²) in [6.07, 6.45) is 11.5. The largest absolute Gasteiger partial charge is 0.390 e. The smallest absolute Gasteiger partial charge is 0.200 e. The summed E-state index contributed by atoms with van der Waals surface area (Å²) in [7, 11) is 0. The van der Waals surface area contributed by atoms with E-state index in [0.717, 1.165) is 18.3 Å². The molecule has 0 amide bonds. The summed E-state index contributed by atoms with van der Waals surface area (Å²) in [5.41, 5.74) is 2.44. The highest BCUT2D eigenvalue weighted by molar-refractivity contribution is 5.25. The van der Waals surface area contributed by atoms with Crippen molar-refractivity contribution in [1.29, 1.82) is 0 Å². The van der Waals surface area contributed by atoms with Crippen LogP contribution in [0.2, 0.25) is 0 Å². The summed E-state index contributed by atoms with van der Waals surface area (Å²) in [6.45, 7) is 9.72. The fourth-order valence-corrected chi connectivity index (χ4v) is 9.83.